The summed E-state index contributed by atoms with van der Waals surface area (Å²) in [5, 5.41) is 12.3. The molecule has 4 heteroatoms. The van der Waals surface area contributed by atoms with Crippen molar-refractivity contribution in [2.45, 2.75) is 37.8 Å². The van der Waals surface area contributed by atoms with Gasteiger partial charge in [0.2, 0.25) is 0 Å². The van der Waals surface area contributed by atoms with Crippen LogP contribution in [-0.4, -0.2) is 16.0 Å². The summed E-state index contributed by atoms with van der Waals surface area (Å²) in [6.07, 6.45) is 8.24. The molecule has 1 aliphatic rings. The molecule has 14 heavy (non-hydrogen) atoms. The SMILES string of the molecule is N#CC(NC1CCCC1)c1cnc[nH]1. The van der Waals surface area contributed by atoms with Crippen LogP contribution in [0.15, 0.2) is 12.5 Å². The third-order valence-corrected chi connectivity index (χ3v) is 2.72. The lowest BCUT2D eigenvalue weighted by atomic mass is 10.2. The standard InChI is InChI=1S/C10H14N4/c11-5-9(10-6-12-7-13-10)14-8-3-1-2-4-8/h6-9,14H,1-4H2,(H,12,13). The molecule has 74 valence electrons. The maximum Gasteiger partial charge on any atom is 0.138 e. The van der Waals surface area contributed by atoms with E-state index in [2.05, 4.69) is 21.4 Å². The second-order valence-electron chi connectivity index (χ2n) is 3.72. The minimum absolute atomic E-state index is 0.236. The van der Waals surface area contributed by atoms with Crippen molar-refractivity contribution >= 4 is 0 Å². The molecule has 0 bridgehead atoms. The van der Waals surface area contributed by atoms with Crippen molar-refractivity contribution in [3.63, 3.8) is 0 Å². The topological polar surface area (TPSA) is 64.5 Å². The number of hydrogen-bond acceptors (Lipinski definition) is 3. The zero-order valence-electron chi connectivity index (χ0n) is 8.03. The Morgan fingerprint density at radius 2 is 2.36 bits per heavy atom. The summed E-state index contributed by atoms with van der Waals surface area (Å²) in [5.74, 6) is 0. The molecule has 1 heterocycles. The molecule has 1 saturated carbocycles. The van der Waals surface area contributed by atoms with Gasteiger partial charge in [-0.25, -0.2) is 4.98 Å². The zero-order chi connectivity index (χ0) is 9.80. The van der Waals surface area contributed by atoms with Crippen molar-refractivity contribution < 1.29 is 0 Å². The number of rotatable bonds is 3. The van der Waals surface area contributed by atoms with Crippen LogP contribution in [0.5, 0.6) is 0 Å². The number of nitriles is 1. The molecule has 0 aromatic carbocycles. The van der Waals surface area contributed by atoms with Gasteiger partial charge >= 0.3 is 0 Å². The number of hydrogen-bond donors (Lipinski definition) is 2. The summed E-state index contributed by atoms with van der Waals surface area (Å²) in [5.41, 5.74) is 0.861. The van der Waals surface area contributed by atoms with E-state index < -0.39 is 0 Å². The molecule has 1 fully saturated rings. The van der Waals surface area contributed by atoms with Crippen molar-refractivity contribution in [3.8, 4) is 6.07 Å². The fourth-order valence-electron chi connectivity index (χ4n) is 1.95. The highest BCUT2D eigenvalue weighted by molar-refractivity contribution is 5.12. The van der Waals surface area contributed by atoms with E-state index >= 15 is 0 Å². The van der Waals surface area contributed by atoms with Gasteiger partial charge in [0, 0.05) is 6.04 Å². The van der Waals surface area contributed by atoms with Crippen LogP contribution >= 0.6 is 0 Å². The Morgan fingerprint density at radius 3 is 2.93 bits per heavy atom. The normalized spacial score (nSPS) is 19.4. The highest BCUT2D eigenvalue weighted by Gasteiger charge is 2.20. The molecule has 2 N–H and O–H groups in total. The summed E-state index contributed by atoms with van der Waals surface area (Å²) in [6, 6.07) is 2.52. The van der Waals surface area contributed by atoms with Crippen LogP contribution in [0, 0.1) is 11.3 Å². The van der Waals surface area contributed by atoms with Crippen LogP contribution in [0.4, 0.5) is 0 Å². The lowest BCUT2D eigenvalue weighted by Gasteiger charge is -2.15. The van der Waals surface area contributed by atoms with Gasteiger partial charge in [0.15, 0.2) is 0 Å². The van der Waals surface area contributed by atoms with E-state index in [0.717, 1.165) is 5.69 Å². The summed E-state index contributed by atoms with van der Waals surface area (Å²) in [6.45, 7) is 0. The highest BCUT2D eigenvalue weighted by atomic mass is 15.0. The number of aromatic amines is 1. The average Bonchev–Trinajstić information content (AvgIpc) is 2.86. The summed E-state index contributed by atoms with van der Waals surface area (Å²) >= 11 is 0. The predicted octanol–water partition coefficient (Wildman–Crippen LogP) is 1.51. The Bertz CT molecular complexity index is 305. The maximum atomic E-state index is 9.00. The van der Waals surface area contributed by atoms with Gasteiger partial charge in [-0.2, -0.15) is 5.26 Å². The molecule has 2 rings (SSSR count). The Morgan fingerprint density at radius 1 is 1.57 bits per heavy atom. The van der Waals surface area contributed by atoms with E-state index in [1.807, 2.05) is 0 Å². The molecular formula is C10H14N4. The Hall–Kier alpha value is -1.34. The summed E-state index contributed by atoms with van der Waals surface area (Å²) in [7, 11) is 0. The first-order valence-corrected chi connectivity index (χ1v) is 5.04. The monoisotopic (exact) mass is 190 g/mol. The Kier molecular flexibility index (Phi) is 2.80. The lowest BCUT2D eigenvalue weighted by Crippen LogP contribution is -2.29. The van der Waals surface area contributed by atoms with Crippen LogP contribution in [0.3, 0.4) is 0 Å². The molecule has 0 spiro atoms. The molecule has 1 aliphatic carbocycles. The van der Waals surface area contributed by atoms with Crippen LogP contribution in [0.1, 0.15) is 37.4 Å². The van der Waals surface area contributed by atoms with Crippen LogP contribution in [-0.2, 0) is 0 Å². The van der Waals surface area contributed by atoms with Crippen molar-refractivity contribution in [2.75, 3.05) is 0 Å². The van der Waals surface area contributed by atoms with Crippen molar-refractivity contribution in [1.29, 1.82) is 5.26 Å². The highest BCUT2D eigenvalue weighted by Crippen LogP contribution is 2.20. The van der Waals surface area contributed by atoms with Gasteiger partial charge in [-0.15, -0.1) is 0 Å². The number of imidazole rings is 1. The van der Waals surface area contributed by atoms with Gasteiger partial charge in [0.25, 0.3) is 0 Å². The Labute approximate surface area is 83.4 Å². The number of aromatic nitrogens is 2. The second kappa shape index (κ2) is 4.25. The molecule has 1 aromatic rings. The van der Waals surface area contributed by atoms with Gasteiger partial charge in [0.1, 0.15) is 6.04 Å². The van der Waals surface area contributed by atoms with E-state index in [4.69, 9.17) is 5.26 Å². The van der Waals surface area contributed by atoms with E-state index in [0.29, 0.717) is 6.04 Å². The van der Waals surface area contributed by atoms with E-state index in [-0.39, 0.29) is 6.04 Å². The molecule has 0 amide bonds. The van der Waals surface area contributed by atoms with Gasteiger partial charge in [-0.05, 0) is 12.8 Å². The van der Waals surface area contributed by atoms with Crippen LogP contribution < -0.4 is 5.32 Å². The third kappa shape index (κ3) is 1.94. The molecule has 0 aliphatic heterocycles. The lowest BCUT2D eigenvalue weighted by molar-refractivity contribution is 0.487. The quantitative estimate of drug-likeness (QED) is 0.759. The minimum Gasteiger partial charge on any atom is -0.346 e. The fraction of sp³-hybridized carbons (Fsp3) is 0.600. The molecule has 1 unspecified atom stereocenters. The minimum atomic E-state index is -0.236. The third-order valence-electron chi connectivity index (χ3n) is 2.72. The summed E-state index contributed by atoms with van der Waals surface area (Å²) in [4.78, 5) is 6.88. The Balaban J connectivity index is 1.97. The van der Waals surface area contributed by atoms with Crippen LogP contribution in [0.25, 0.3) is 0 Å². The molecule has 0 saturated heterocycles. The molecule has 1 aromatic heterocycles. The molecule has 4 nitrogen and oxygen atoms in total. The largest absolute Gasteiger partial charge is 0.346 e. The smallest absolute Gasteiger partial charge is 0.138 e. The number of H-pyrrole nitrogens is 1. The van der Waals surface area contributed by atoms with E-state index in [9.17, 15) is 0 Å². The molecular weight excluding hydrogens is 176 g/mol. The van der Waals surface area contributed by atoms with Crippen molar-refractivity contribution in [1.82, 2.24) is 15.3 Å². The first kappa shape index (κ1) is 9.22. The zero-order valence-corrected chi connectivity index (χ0v) is 8.03. The average molecular weight is 190 g/mol. The number of nitrogens with zero attached hydrogens (tertiary/aromatic N) is 2. The van der Waals surface area contributed by atoms with Crippen LogP contribution in [0.2, 0.25) is 0 Å². The van der Waals surface area contributed by atoms with Gasteiger partial charge in [-0.1, -0.05) is 12.8 Å². The van der Waals surface area contributed by atoms with Gasteiger partial charge in [-0.3, -0.25) is 5.32 Å². The van der Waals surface area contributed by atoms with Gasteiger partial charge < -0.3 is 4.98 Å². The molecule has 0 radical (unpaired) electrons. The van der Waals surface area contributed by atoms with E-state index in [1.165, 1.54) is 25.7 Å². The van der Waals surface area contributed by atoms with Crippen molar-refractivity contribution in [3.05, 3.63) is 18.2 Å². The number of nitrogens with one attached hydrogen (secondary N) is 2. The molecule has 1 atom stereocenters. The van der Waals surface area contributed by atoms with Crippen molar-refractivity contribution in [2.24, 2.45) is 0 Å². The van der Waals surface area contributed by atoms with Gasteiger partial charge in [0.05, 0.1) is 24.3 Å². The fourth-order valence-corrected chi connectivity index (χ4v) is 1.95. The first-order chi connectivity index (χ1) is 6.90. The predicted molar refractivity (Wildman–Crippen MR) is 52.3 cm³/mol. The van der Waals surface area contributed by atoms with E-state index in [1.54, 1.807) is 12.5 Å². The summed E-state index contributed by atoms with van der Waals surface area (Å²) < 4.78 is 0. The maximum absolute atomic E-state index is 9.00. The first-order valence-electron chi connectivity index (χ1n) is 5.04. The second-order valence-corrected chi connectivity index (χ2v) is 3.72.